The lowest BCUT2D eigenvalue weighted by Gasteiger charge is -2.34. The van der Waals surface area contributed by atoms with Crippen LogP contribution in [0, 0.1) is 0 Å². The van der Waals surface area contributed by atoms with E-state index in [1.54, 1.807) is 4.90 Å². The van der Waals surface area contributed by atoms with Crippen molar-refractivity contribution >= 4 is 17.8 Å². The average molecular weight is 537 g/mol. The summed E-state index contributed by atoms with van der Waals surface area (Å²) in [5.74, 6) is -0.627. The molecule has 6 nitrogen and oxygen atoms in total. The number of ether oxygens (including phenoxy) is 1. The predicted octanol–water partition coefficient (Wildman–Crippen LogP) is 7.87. The molecule has 0 aromatic carbocycles. The third-order valence-electron chi connectivity index (χ3n) is 7.77. The van der Waals surface area contributed by atoms with Gasteiger partial charge in [-0.3, -0.25) is 14.4 Å². The van der Waals surface area contributed by atoms with E-state index in [0.717, 1.165) is 32.1 Å². The maximum absolute atomic E-state index is 12.8. The van der Waals surface area contributed by atoms with Crippen molar-refractivity contribution < 1.29 is 19.1 Å². The molecule has 1 aliphatic rings. The fourth-order valence-electron chi connectivity index (χ4n) is 5.29. The number of nitrogens with one attached hydrogen (secondary N) is 1. The Labute approximate surface area is 234 Å². The molecule has 1 rings (SSSR count). The van der Waals surface area contributed by atoms with Crippen LogP contribution in [0.25, 0.3) is 0 Å². The fourth-order valence-corrected chi connectivity index (χ4v) is 5.29. The van der Waals surface area contributed by atoms with Crippen molar-refractivity contribution in [1.82, 2.24) is 10.2 Å². The van der Waals surface area contributed by atoms with E-state index in [0.29, 0.717) is 26.1 Å². The number of carbonyl (C=O) groups is 3. The van der Waals surface area contributed by atoms with Crippen LogP contribution in [0.3, 0.4) is 0 Å². The predicted molar refractivity (Wildman–Crippen MR) is 157 cm³/mol. The Bertz CT molecular complexity index is 610. The van der Waals surface area contributed by atoms with Gasteiger partial charge in [-0.05, 0) is 12.8 Å². The number of carbonyl (C=O) groups excluding carboxylic acids is 3. The Kier molecular flexibility index (Phi) is 22.2. The number of esters is 1. The first-order valence-corrected chi connectivity index (χ1v) is 16.3. The van der Waals surface area contributed by atoms with E-state index in [2.05, 4.69) is 19.2 Å². The number of rotatable bonds is 25. The molecular weight excluding hydrogens is 476 g/mol. The first-order chi connectivity index (χ1) is 18.6. The number of piperazine rings is 1. The highest BCUT2D eigenvalue weighted by Gasteiger charge is 2.34. The molecule has 2 amide bonds. The van der Waals surface area contributed by atoms with Crippen LogP contribution in [-0.2, 0) is 19.1 Å². The first kappa shape index (κ1) is 34.4. The molecule has 6 heteroatoms. The Balaban J connectivity index is 2.14. The normalized spacial score (nSPS) is 15.5. The monoisotopic (exact) mass is 536 g/mol. The van der Waals surface area contributed by atoms with Gasteiger partial charge < -0.3 is 15.0 Å². The molecule has 1 aliphatic heterocycles. The van der Waals surface area contributed by atoms with Crippen molar-refractivity contribution in [2.75, 3.05) is 19.7 Å². The largest absolute Gasteiger partial charge is 0.466 e. The highest BCUT2D eigenvalue weighted by Crippen LogP contribution is 2.16. The van der Waals surface area contributed by atoms with E-state index in [9.17, 15) is 14.4 Å². The molecule has 1 heterocycles. The summed E-state index contributed by atoms with van der Waals surface area (Å²) in [6.45, 7) is 5.81. The standard InChI is InChI=1S/C32H60N2O4/c1-3-5-7-9-11-13-15-16-18-20-22-24-30(35)34-26-25-33-32(37)29(34)28-31(36)38-27-23-21-19-17-14-12-10-8-6-4-2/h29H,3-28H2,1-2H3,(H,33,37). The smallest absolute Gasteiger partial charge is 0.308 e. The number of unbranched alkanes of at least 4 members (excludes halogenated alkanes) is 19. The zero-order valence-corrected chi connectivity index (χ0v) is 25.0. The fraction of sp³-hybridized carbons (Fsp3) is 0.906. The van der Waals surface area contributed by atoms with Gasteiger partial charge in [0.25, 0.3) is 0 Å². The lowest BCUT2D eigenvalue weighted by molar-refractivity contribution is -0.152. The molecule has 0 aliphatic carbocycles. The number of nitrogens with zero attached hydrogens (tertiary/aromatic N) is 1. The summed E-state index contributed by atoms with van der Waals surface area (Å²) in [7, 11) is 0. The number of hydrogen-bond donors (Lipinski definition) is 1. The molecule has 1 atom stereocenters. The minimum atomic E-state index is -0.732. The summed E-state index contributed by atoms with van der Waals surface area (Å²) in [4.78, 5) is 39.3. The van der Waals surface area contributed by atoms with Gasteiger partial charge in [-0.1, -0.05) is 136 Å². The molecule has 38 heavy (non-hydrogen) atoms. The van der Waals surface area contributed by atoms with Gasteiger partial charge >= 0.3 is 5.97 Å². The molecule has 222 valence electrons. The van der Waals surface area contributed by atoms with E-state index in [-0.39, 0.29) is 24.2 Å². The highest BCUT2D eigenvalue weighted by molar-refractivity contribution is 5.91. The molecule has 0 bridgehead atoms. The summed E-state index contributed by atoms with van der Waals surface area (Å²) in [6.07, 6.45) is 26.4. The second-order valence-corrected chi connectivity index (χ2v) is 11.3. The number of hydrogen-bond acceptors (Lipinski definition) is 4. The van der Waals surface area contributed by atoms with Crippen LogP contribution < -0.4 is 5.32 Å². The Morgan fingerprint density at radius 1 is 0.711 bits per heavy atom. The Morgan fingerprint density at radius 2 is 1.16 bits per heavy atom. The van der Waals surface area contributed by atoms with Gasteiger partial charge in [0.05, 0.1) is 13.0 Å². The van der Waals surface area contributed by atoms with Gasteiger partial charge in [-0.2, -0.15) is 0 Å². The molecule has 1 saturated heterocycles. The van der Waals surface area contributed by atoms with Crippen molar-refractivity contribution in [2.45, 2.75) is 168 Å². The second-order valence-electron chi connectivity index (χ2n) is 11.3. The van der Waals surface area contributed by atoms with Gasteiger partial charge in [0.2, 0.25) is 11.8 Å². The third kappa shape index (κ3) is 17.8. The van der Waals surface area contributed by atoms with Gasteiger partial charge in [-0.15, -0.1) is 0 Å². The van der Waals surface area contributed by atoms with Gasteiger partial charge in [0.1, 0.15) is 6.04 Å². The van der Waals surface area contributed by atoms with Crippen molar-refractivity contribution in [3.63, 3.8) is 0 Å². The summed E-state index contributed by atoms with van der Waals surface area (Å²) >= 11 is 0. The summed E-state index contributed by atoms with van der Waals surface area (Å²) in [6, 6.07) is -0.732. The lowest BCUT2D eigenvalue weighted by Crippen LogP contribution is -2.57. The third-order valence-corrected chi connectivity index (χ3v) is 7.77. The van der Waals surface area contributed by atoms with Gasteiger partial charge in [0.15, 0.2) is 0 Å². The van der Waals surface area contributed by atoms with Crippen LogP contribution in [0.5, 0.6) is 0 Å². The lowest BCUT2D eigenvalue weighted by atomic mass is 10.0. The quantitative estimate of drug-likeness (QED) is 0.0951. The Hall–Kier alpha value is -1.59. The topological polar surface area (TPSA) is 75.7 Å². The maximum atomic E-state index is 12.8. The molecule has 1 fully saturated rings. The molecule has 1 unspecified atom stereocenters. The first-order valence-electron chi connectivity index (χ1n) is 16.3. The molecular formula is C32H60N2O4. The van der Waals surface area contributed by atoms with Gasteiger partial charge in [0, 0.05) is 19.5 Å². The SMILES string of the molecule is CCCCCCCCCCCCCC(=O)N1CCNC(=O)C1CC(=O)OCCCCCCCCCCCC. The van der Waals surface area contributed by atoms with Crippen LogP contribution in [-0.4, -0.2) is 48.4 Å². The zero-order chi connectivity index (χ0) is 27.7. The van der Waals surface area contributed by atoms with E-state index in [1.807, 2.05) is 0 Å². The van der Waals surface area contributed by atoms with Crippen LogP contribution in [0.15, 0.2) is 0 Å². The summed E-state index contributed by atoms with van der Waals surface area (Å²) in [5.41, 5.74) is 0. The van der Waals surface area contributed by atoms with Crippen molar-refractivity contribution in [3.8, 4) is 0 Å². The molecule has 0 aromatic rings. The van der Waals surface area contributed by atoms with E-state index in [1.165, 1.54) is 103 Å². The maximum Gasteiger partial charge on any atom is 0.308 e. The second kappa shape index (κ2) is 24.5. The van der Waals surface area contributed by atoms with E-state index >= 15 is 0 Å². The van der Waals surface area contributed by atoms with Crippen LogP contribution in [0.2, 0.25) is 0 Å². The minimum Gasteiger partial charge on any atom is -0.466 e. The van der Waals surface area contributed by atoms with Crippen molar-refractivity contribution in [2.24, 2.45) is 0 Å². The molecule has 0 radical (unpaired) electrons. The van der Waals surface area contributed by atoms with E-state index < -0.39 is 6.04 Å². The summed E-state index contributed by atoms with van der Waals surface area (Å²) in [5, 5.41) is 2.81. The summed E-state index contributed by atoms with van der Waals surface area (Å²) < 4.78 is 5.41. The van der Waals surface area contributed by atoms with E-state index in [4.69, 9.17) is 4.74 Å². The Morgan fingerprint density at radius 3 is 1.66 bits per heavy atom. The van der Waals surface area contributed by atoms with Crippen LogP contribution in [0.4, 0.5) is 0 Å². The minimum absolute atomic E-state index is 0.0109. The van der Waals surface area contributed by atoms with Crippen molar-refractivity contribution in [1.29, 1.82) is 0 Å². The molecule has 0 aromatic heterocycles. The van der Waals surface area contributed by atoms with Crippen molar-refractivity contribution in [3.05, 3.63) is 0 Å². The molecule has 1 N–H and O–H groups in total. The average Bonchev–Trinajstić information content (AvgIpc) is 2.91. The number of amides is 2. The molecule has 0 saturated carbocycles. The molecule has 0 spiro atoms. The zero-order valence-electron chi connectivity index (χ0n) is 25.0. The van der Waals surface area contributed by atoms with Crippen LogP contribution in [0.1, 0.15) is 162 Å². The highest BCUT2D eigenvalue weighted by atomic mass is 16.5. The van der Waals surface area contributed by atoms with Gasteiger partial charge in [-0.25, -0.2) is 0 Å². The van der Waals surface area contributed by atoms with Crippen LogP contribution >= 0.6 is 0 Å².